The molecular formula is C14H26N2O3. The van der Waals surface area contributed by atoms with Crippen LogP contribution in [0, 0.1) is 5.41 Å². The number of ether oxygens (including phenoxy) is 1. The normalized spacial score (nSPS) is 37.0. The molecule has 2 aliphatic rings. The number of aliphatic hydroxyl groups excluding tert-OH is 1. The van der Waals surface area contributed by atoms with E-state index in [0.29, 0.717) is 0 Å². The zero-order valence-electron chi connectivity index (χ0n) is 12.4. The van der Waals surface area contributed by atoms with Crippen LogP contribution in [0.2, 0.25) is 0 Å². The first-order chi connectivity index (χ1) is 8.85. The van der Waals surface area contributed by atoms with Crippen LogP contribution < -0.4 is 5.32 Å². The molecule has 2 rings (SSSR count). The monoisotopic (exact) mass is 270 g/mol. The third-order valence-electron chi connectivity index (χ3n) is 5.42. The maximum Gasteiger partial charge on any atom is 0.317 e. The Balaban J connectivity index is 1.94. The van der Waals surface area contributed by atoms with Crippen molar-refractivity contribution in [1.29, 1.82) is 0 Å². The van der Waals surface area contributed by atoms with E-state index in [-0.39, 0.29) is 35.7 Å². The Morgan fingerprint density at radius 1 is 1.47 bits per heavy atom. The van der Waals surface area contributed by atoms with Gasteiger partial charge < -0.3 is 20.1 Å². The Kier molecular flexibility index (Phi) is 3.80. The molecule has 1 saturated heterocycles. The summed E-state index contributed by atoms with van der Waals surface area (Å²) in [7, 11) is 1.72. The third-order valence-corrected chi connectivity index (χ3v) is 5.42. The number of nitrogens with one attached hydrogen (secondary N) is 1. The number of carbonyl (C=O) groups excluding carboxylic acids is 1. The minimum absolute atomic E-state index is 0.0167. The second kappa shape index (κ2) is 4.94. The summed E-state index contributed by atoms with van der Waals surface area (Å²) in [6.45, 7) is 7.13. The second-order valence-corrected chi connectivity index (χ2v) is 6.53. The molecular weight excluding hydrogens is 244 g/mol. The fourth-order valence-corrected chi connectivity index (χ4v) is 3.25. The van der Waals surface area contributed by atoms with E-state index in [1.165, 1.54) is 0 Å². The quantitative estimate of drug-likeness (QED) is 0.814. The predicted octanol–water partition coefficient (Wildman–Crippen LogP) is 1.36. The Labute approximate surface area is 115 Å². The molecule has 110 valence electrons. The van der Waals surface area contributed by atoms with Crippen LogP contribution >= 0.6 is 0 Å². The van der Waals surface area contributed by atoms with E-state index in [2.05, 4.69) is 26.1 Å². The van der Waals surface area contributed by atoms with Crippen molar-refractivity contribution >= 4 is 6.03 Å². The molecule has 1 aliphatic heterocycles. The van der Waals surface area contributed by atoms with Gasteiger partial charge in [0.25, 0.3) is 0 Å². The van der Waals surface area contributed by atoms with Gasteiger partial charge in [0.05, 0.1) is 18.2 Å². The predicted molar refractivity (Wildman–Crippen MR) is 72.9 cm³/mol. The summed E-state index contributed by atoms with van der Waals surface area (Å²) >= 11 is 0. The molecule has 1 aliphatic carbocycles. The summed E-state index contributed by atoms with van der Waals surface area (Å²) in [4.78, 5) is 14.0. The third kappa shape index (κ3) is 2.23. The molecule has 0 aromatic heterocycles. The van der Waals surface area contributed by atoms with Crippen LogP contribution in [0.3, 0.4) is 0 Å². The van der Waals surface area contributed by atoms with Crippen LogP contribution in [0.5, 0.6) is 0 Å². The lowest BCUT2D eigenvalue weighted by atomic mass is 9.56. The highest BCUT2D eigenvalue weighted by molar-refractivity contribution is 5.75. The van der Waals surface area contributed by atoms with E-state index in [4.69, 9.17) is 4.74 Å². The first kappa shape index (κ1) is 14.6. The van der Waals surface area contributed by atoms with Gasteiger partial charge in [-0.3, -0.25) is 0 Å². The lowest BCUT2D eigenvalue weighted by Gasteiger charge is -2.59. The van der Waals surface area contributed by atoms with Gasteiger partial charge in [-0.15, -0.1) is 0 Å². The first-order valence-electron chi connectivity index (χ1n) is 7.09. The number of urea groups is 1. The fourth-order valence-electron chi connectivity index (χ4n) is 3.25. The summed E-state index contributed by atoms with van der Waals surface area (Å²) in [5.41, 5.74) is -0.252. The SMILES string of the molecule is CO[C@]1(C)C[C@H](NC(=O)N2CCC[C@@H]2CO)C1(C)C. The van der Waals surface area contributed by atoms with Gasteiger partial charge >= 0.3 is 6.03 Å². The number of methoxy groups -OCH3 is 1. The Bertz CT molecular complexity index is 359. The van der Waals surface area contributed by atoms with Gasteiger partial charge in [0, 0.05) is 25.1 Å². The van der Waals surface area contributed by atoms with Crippen LogP contribution in [0.15, 0.2) is 0 Å². The smallest absolute Gasteiger partial charge is 0.317 e. The van der Waals surface area contributed by atoms with Crippen molar-refractivity contribution in [2.24, 2.45) is 5.41 Å². The average molecular weight is 270 g/mol. The molecule has 0 unspecified atom stereocenters. The molecule has 19 heavy (non-hydrogen) atoms. The first-order valence-corrected chi connectivity index (χ1v) is 7.09. The van der Waals surface area contributed by atoms with Crippen molar-refractivity contribution in [2.75, 3.05) is 20.3 Å². The van der Waals surface area contributed by atoms with Crippen LogP contribution in [-0.4, -0.2) is 54.0 Å². The zero-order valence-corrected chi connectivity index (χ0v) is 12.4. The highest BCUT2D eigenvalue weighted by atomic mass is 16.5. The van der Waals surface area contributed by atoms with Crippen LogP contribution in [-0.2, 0) is 4.74 Å². The van der Waals surface area contributed by atoms with E-state index in [1.54, 1.807) is 12.0 Å². The lowest BCUT2D eigenvalue weighted by molar-refractivity contribution is -0.177. The Hall–Kier alpha value is -0.810. The highest BCUT2D eigenvalue weighted by Crippen LogP contribution is 2.51. The molecule has 3 atom stereocenters. The number of carbonyl (C=O) groups is 1. The van der Waals surface area contributed by atoms with Gasteiger partial charge in [0.15, 0.2) is 0 Å². The van der Waals surface area contributed by atoms with Crippen molar-refractivity contribution in [1.82, 2.24) is 10.2 Å². The van der Waals surface area contributed by atoms with E-state index in [1.807, 2.05) is 0 Å². The van der Waals surface area contributed by atoms with Crippen LogP contribution in [0.25, 0.3) is 0 Å². The molecule has 2 fully saturated rings. The van der Waals surface area contributed by atoms with Gasteiger partial charge in [-0.25, -0.2) is 4.79 Å². The summed E-state index contributed by atoms with van der Waals surface area (Å²) in [5, 5.41) is 12.4. The Morgan fingerprint density at radius 3 is 2.68 bits per heavy atom. The minimum atomic E-state index is -0.174. The molecule has 5 heteroatoms. The van der Waals surface area contributed by atoms with Crippen molar-refractivity contribution in [3.8, 4) is 0 Å². The van der Waals surface area contributed by atoms with E-state index < -0.39 is 0 Å². The molecule has 5 nitrogen and oxygen atoms in total. The standard InChI is InChI=1S/C14H26N2O3/c1-13(2)11(8-14(13,3)19-4)15-12(18)16-7-5-6-10(16)9-17/h10-11,17H,5-9H2,1-4H3,(H,15,18)/t10-,11+,14-/m1/s1. The fraction of sp³-hybridized carbons (Fsp3) is 0.929. The molecule has 0 aromatic carbocycles. The maximum atomic E-state index is 12.3. The average Bonchev–Trinajstić information content (AvgIpc) is 2.86. The number of hydrogen-bond donors (Lipinski definition) is 2. The molecule has 0 aromatic rings. The van der Waals surface area contributed by atoms with Gasteiger partial charge in [-0.2, -0.15) is 0 Å². The largest absolute Gasteiger partial charge is 0.394 e. The Morgan fingerprint density at radius 2 is 2.16 bits per heavy atom. The van der Waals surface area contributed by atoms with Crippen molar-refractivity contribution in [2.45, 2.75) is 57.7 Å². The van der Waals surface area contributed by atoms with E-state index in [9.17, 15) is 9.90 Å². The number of aliphatic hydroxyl groups is 1. The second-order valence-electron chi connectivity index (χ2n) is 6.53. The lowest BCUT2D eigenvalue weighted by Crippen LogP contribution is -2.69. The molecule has 0 radical (unpaired) electrons. The topological polar surface area (TPSA) is 61.8 Å². The minimum Gasteiger partial charge on any atom is -0.394 e. The molecule has 1 heterocycles. The molecule has 0 spiro atoms. The number of likely N-dealkylation sites (tertiary alicyclic amines) is 1. The summed E-state index contributed by atoms with van der Waals surface area (Å²) < 4.78 is 5.56. The van der Waals surface area contributed by atoms with Crippen molar-refractivity contribution in [3.05, 3.63) is 0 Å². The number of amides is 2. The molecule has 2 amide bonds. The maximum absolute atomic E-state index is 12.3. The summed E-state index contributed by atoms with van der Waals surface area (Å²) in [6.07, 6.45) is 2.70. The molecule has 0 bridgehead atoms. The molecule has 1 saturated carbocycles. The van der Waals surface area contributed by atoms with Gasteiger partial charge in [0.1, 0.15) is 0 Å². The summed E-state index contributed by atoms with van der Waals surface area (Å²) in [6, 6.07) is 0.0645. The van der Waals surface area contributed by atoms with Crippen molar-refractivity contribution < 1.29 is 14.6 Å². The number of hydrogen-bond acceptors (Lipinski definition) is 3. The summed E-state index contributed by atoms with van der Waals surface area (Å²) in [5.74, 6) is 0. The van der Waals surface area contributed by atoms with E-state index >= 15 is 0 Å². The van der Waals surface area contributed by atoms with Gasteiger partial charge in [-0.05, 0) is 26.2 Å². The zero-order chi connectivity index (χ0) is 14.3. The van der Waals surface area contributed by atoms with Gasteiger partial charge in [-0.1, -0.05) is 13.8 Å². The highest BCUT2D eigenvalue weighted by Gasteiger charge is 2.58. The number of nitrogens with zero attached hydrogens (tertiary/aromatic N) is 1. The van der Waals surface area contributed by atoms with Gasteiger partial charge in [0.2, 0.25) is 0 Å². The van der Waals surface area contributed by atoms with Crippen LogP contribution in [0.1, 0.15) is 40.0 Å². The molecule has 2 N–H and O–H groups in total. The van der Waals surface area contributed by atoms with Crippen molar-refractivity contribution in [3.63, 3.8) is 0 Å². The van der Waals surface area contributed by atoms with Crippen LogP contribution in [0.4, 0.5) is 4.79 Å². The number of rotatable bonds is 3. The van der Waals surface area contributed by atoms with E-state index in [0.717, 1.165) is 25.8 Å².